The fourth-order valence-corrected chi connectivity index (χ4v) is 2.72. The van der Waals surface area contributed by atoms with Crippen molar-refractivity contribution in [2.75, 3.05) is 7.05 Å². The van der Waals surface area contributed by atoms with Crippen LogP contribution in [0.3, 0.4) is 0 Å². The van der Waals surface area contributed by atoms with Crippen LogP contribution in [-0.2, 0) is 16.1 Å². The van der Waals surface area contributed by atoms with Crippen molar-refractivity contribution in [2.24, 2.45) is 0 Å². The molecule has 0 atom stereocenters. The molecule has 0 saturated heterocycles. The van der Waals surface area contributed by atoms with Gasteiger partial charge in [-0.05, 0) is 22.4 Å². The monoisotopic (exact) mass is 263 g/mol. The van der Waals surface area contributed by atoms with Gasteiger partial charge in [-0.25, -0.2) is 0 Å². The molecule has 0 spiro atoms. The highest BCUT2D eigenvalue weighted by Gasteiger charge is 2.14. The van der Waals surface area contributed by atoms with Gasteiger partial charge >= 0.3 is 5.97 Å². The summed E-state index contributed by atoms with van der Waals surface area (Å²) in [6.45, 7) is 0.441. The Balaban J connectivity index is 2.14. The van der Waals surface area contributed by atoms with Gasteiger partial charge < -0.3 is 10.0 Å². The Hall–Kier alpha value is -1.88. The van der Waals surface area contributed by atoms with Crippen LogP contribution < -0.4 is 0 Å². The normalized spacial score (nSPS) is 10.5. The van der Waals surface area contributed by atoms with Crippen LogP contribution in [-0.4, -0.2) is 28.9 Å². The maximum absolute atomic E-state index is 11.6. The Morgan fingerprint density at radius 2 is 2.06 bits per heavy atom. The van der Waals surface area contributed by atoms with Crippen molar-refractivity contribution in [3.63, 3.8) is 0 Å². The maximum atomic E-state index is 11.6. The van der Waals surface area contributed by atoms with Crippen molar-refractivity contribution in [2.45, 2.75) is 13.0 Å². The standard InChI is InChI=1S/C13H13NO3S/c1-14(12(15)6-13(16)17)7-9-8-18-11-5-3-2-4-10(9)11/h2-5,8H,6-7H2,1H3,(H,16,17). The van der Waals surface area contributed by atoms with Gasteiger partial charge in [0.15, 0.2) is 0 Å². The summed E-state index contributed by atoms with van der Waals surface area (Å²) in [6.07, 6.45) is -0.460. The topological polar surface area (TPSA) is 57.6 Å². The van der Waals surface area contributed by atoms with E-state index in [9.17, 15) is 9.59 Å². The first kappa shape index (κ1) is 12.6. The zero-order valence-corrected chi connectivity index (χ0v) is 10.7. The number of carbonyl (C=O) groups is 2. The lowest BCUT2D eigenvalue weighted by Gasteiger charge is -2.15. The first-order valence-corrected chi connectivity index (χ1v) is 6.37. The van der Waals surface area contributed by atoms with E-state index in [2.05, 4.69) is 0 Å². The van der Waals surface area contributed by atoms with Crippen molar-refractivity contribution < 1.29 is 14.7 Å². The van der Waals surface area contributed by atoms with Crippen LogP contribution >= 0.6 is 11.3 Å². The lowest BCUT2D eigenvalue weighted by atomic mass is 10.1. The summed E-state index contributed by atoms with van der Waals surface area (Å²) in [4.78, 5) is 23.5. The van der Waals surface area contributed by atoms with Gasteiger partial charge in [-0.15, -0.1) is 11.3 Å². The fraction of sp³-hybridized carbons (Fsp3) is 0.231. The lowest BCUT2D eigenvalue weighted by Crippen LogP contribution is -2.27. The van der Waals surface area contributed by atoms with Gasteiger partial charge in [0.2, 0.25) is 5.91 Å². The number of thiophene rings is 1. The van der Waals surface area contributed by atoms with Crippen molar-refractivity contribution in [1.29, 1.82) is 0 Å². The zero-order valence-electron chi connectivity index (χ0n) is 9.92. The summed E-state index contributed by atoms with van der Waals surface area (Å²) >= 11 is 1.63. The molecule has 2 aromatic rings. The van der Waals surface area contributed by atoms with E-state index in [-0.39, 0.29) is 5.91 Å². The number of carbonyl (C=O) groups excluding carboxylic acids is 1. The van der Waals surface area contributed by atoms with Gasteiger partial charge in [0.05, 0.1) is 0 Å². The van der Waals surface area contributed by atoms with Crippen LogP contribution in [0.2, 0.25) is 0 Å². The summed E-state index contributed by atoms with van der Waals surface area (Å²) in [5.74, 6) is -1.47. The molecule has 5 heteroatoms. The van der Waals surface area contributed by atoms with Gasteiger partial charge in [0.1, 0.15) is 6.42 Å². The highest BCUT2D eigenvalue weighted by atomic mass is 32.1. The average Bonchev–Trinajstić information content (AvgIpc) is 2.72. The Kier molecular flexibility index (Phi) is 3.62. The number of fused-ring (bicyclic) bond motifs is 1. The van der Waals surface area contributed by atoms with Crippen molar-refractivity contribution in [1.82, 2.24) is 4.90 Å². The molecule has 1 heterocycles. The summed E-state index contributed by atoms with van der Waals surface area (Å²) in [5.41, 5.74) is 1.05. The highest BCUT2D eigenvalue weighted by molar-refractivity contribution is 7.17. The van der Waals surface area contributed by atoms with E-state index in [1.165, 1.54) is 9.60 Å². The van der Waals surface area contributed by atoms with Gasteiger partial charge in [0.25, 0.3) is 0 Å². The third-order valence-electron chi connectivity index (χ3n) is 2.70. The minimum Gasteiger partial charge on any atom is -0.481 e. The van der Waals surface area contributed by atoms with Gasteiger partial charge in [-0.1, -0.05) is 18.2 Å². The molecule has 2 rings (SSSR count). The van der Waals surface area contributed by atoms with E-state index in [0.717, 1.165) is 10.9 Å². The van der Waals surface area contributed by atoms with Crippen molar-refractivity contribution in [3.05, 3.63) is 35.2 Å². The quantitative estimate of drug-likeness (QED) is 0.861. The molecule has 0 saturated carbocycles. The molecule has 1 amide bonds. The zero-order chi connectivity index (χ0) is 13.1. The lowest BCUT2D eigenvalue weighted by molar-refractivity contribution is -0.143. The largest absolute Gasteiger partial charge is 0.481 e. The molecule has 0 aliphatic carbocycles. The van der Waals surface area contributed by atoms with E-state index >= 15 is 0 Å². The first-order chi connectivity index (χ1) is 8.58. The first-order valence-electron chi connectivity index (χ1n) is 5.49. The number of amides is 1. The average molecular weight is 263 g/mol. The van der Waals surface area contributed by atoms with Gasteiger partial charge in [-0.3, -0.25) is 9.59 Å². The Morgan fingerprint density at radius 1 is 1.33 bits per heavy atom. The van der Waals surface area contributed by atoms with E-state index in [0.29, 0.717) is 6.54 Å². The molecule has 0 unspecified atom stereocenters. The highest BCUT2D eigenvalue weighted by Crippen LogP contribution is 2.26. The number of rotatable bonds is 4. The molecule has 0 bridgehead atoms. The third kappa shape index (κ3) is 2.68. The molecular weight excluding hydrogens is 250 g/mol. The van der Waals surface area contributed by atoms with Crippen molar-refractivity contribution >= 4 is 33.3 Å². The molecule has 0 aliphatic rings. The fourth-order valence-electron chi connectivity index (χ4n) is 1.76. The molecule has 0 aliphatic heterocycles. The van der Waals surface area contributed by atoms with E-state index in [4.69, 9.17) is 5.11 Å². The van der Waals surface area contributed by atoms with E-state index in [1.54, 1.807) is 18.4 Å². The van der Waals surface area contributed by atoms with Crippen LogP contribution in [0.5, 0.6) is 0 Å². The molecule has 94 valence electrons. The summed E-state index contributed by atoms with van der Waals surface area (Å²) in [6, 6.07) is 7.97. The smallest absolute Gasteiger partial charge is 0.312 e. The SMILES string of the molecule is CN(Cc1csc2ccccc12)C(=O)CC(=O)O. The second-order valence-corrected chi connectivity index (χ2v) is 4.99. The predicted octanol–water partition coefficient (Wildman–Crippen LogP) is 2.33. The number of carboxylic acids is 1. The number of nitrogens with zero attached hydrogens (tertiary/aromatic N) is 1. The van der Waals surface area contributed by atoms with Crippen molar-refractivity contribution in [3.8, 4) is 0 Å². The molecule has 0 fully saturated rings. The van der Waals surface area contributed by atoms with Crippen LogP contribution in [0.4, 0.5) is 0 Å². The third-order valence-corrected chi connectivity index (χ3v) is 3.71. The summed E-state index contributed by atoms with van der Waals surface area (Å²) < 4.78 is 1.17. The number of aliphatic carboxylic acids is 1. The number of hydrogen-bond donors (Lipinski definition) is 1. The summed E-state index contributed by atoms with van der Waals surface area (Å²) in [7, 11) is 1.62. The van der Waals surface area contributed by atoms with E-state index in [1.807, 2.05) is 29.6 Å². The molecule has 0 radical (unpaired) electrons. The molecule has 1 aromatic heterocycles. The number of carboxylic acid groups (broad SMARTS) is 1. The maximum Gasteiger partial charge on any atom is 0.312 e. The van der Waals surface area contributed by atoms with Crippen LogP contribution in [0, 0.1) is 0 Å². The Labute approximate surface area is 108 Å². The second kappa shape index (κ2) is 5.18. The van der Waals surface area contributed by atoms with Gasteiger partial charge in [0, 0.05) is 18.3 Å². The summed E-state index contributed by atoms with van der Waals surface area (Å²) in [5, 5.41) is 11.7. The minimum absolute atomic E-state index is 0.377. The van der Waals surface area contributed by atoms with Crippen LogP contribution in [0.15, 0.2) is 29.6 Å². The Morgan fingerprint density at radius 3 is 2.78 bits per heavy atom. The molecular formula is C13H13NO3S. The second-order valence-electron chi connectivity index (χ2n) is 4.08. The Bertz CT molecular complexity index is 591. The van der Waals surface area contributed by atoms with Crippen LogP contribution in [0.25, 0.3) is 10.1 Å². The molecule has 18 heavy (non-hydrogen) atoms. The van der Waals surface area contributed by atoms with Gasteiger partial charge in [-0.2, -0.15) is 0 Å². The molecule has 4 nitrogen and oxygen atoms in total. The number of benzene rings is 1. The minimum atomic E-state index is -1.10. The predicted molar refractivity (Wildman–Crippen MR) is 70.6 cm³/mol. The molecule has 1 aromatic carbocycles. The van der Waals surface area contributed by atoms with E-state index < -0.39 is 12.4 Å². The van der Waals surface area contributed by atoms with Crippen LogP contribution in [0.1, 0.15) is 12.0 Å². The molecule has 1 N–H and O–H groups in total. The number of hydrogen-bond acceptors (Lipinski definition) is 3.